The number of nitrogens with zero attached hydrogens (tertiary/aromatic N) is 1. The van der Waals surface area contributed by atoms with Crippen molar-refractivity contribution in [3.05, 3.63) is 75.4 Å². The molecule has 30 heavy (non-hydrogen) atoms. The second-order valence-electron chi connectivity index (χ2n) is 6.99. The van der Waals surface area contributed by atoms with E-state index in [0.717, 1.165) is 27.7 Å². The van der Waals surface area contributed by atoms with E-state index in [1.54, 1.807) is 25.6 Å². The molecular formula is C24H23ClN2O2S. The van der Waals surface area contributed by atoms with Crippen molar-refractivity contribution in [3.8, 4) is 22.8 Å². The van der Waals surface area contributed by atoms with Gasteiger partial charge in [0.25, 0.3) is 0 Å². The summed E-state index contributed by atoms with van der Waals surface area (Å²) in [6.07, 6.45) is 0. The van der Waals surface area contributed by atoms with Crippen LogP contribution in [0.3, 0.4) is 0 Å². The molecule has 0 unspecified atom stereocenters. The zero-order valence-electron chi connectivity index (χ0n) is 17.1. The molecule has 4 rings (SSSR count). The van der Waals surface area contributed by atoms with Crippen LogP contribution >= 0.6 is 22.9 Å². The van der Waals surface area contributed by atoms with Crippen LogP contribution in [0.25, 0.3) is 22.2 Å². The second-order valence-corrected chi connectivity index (χ2v) is 8.41. The highest BCUT2D eigenvalue weighted by atomic mass is 35.5. The van der Waals surface area contributed by atoms with Crippen molar-refractivity contribution in [1.29, 1.82) is 0 Å². The number of halogens is 1. The third-order valence-electron chi connectivity index (χ3n) is 5.09. The Bertz CT molecular complexity index is 1160. The summed E-state index contributed by atoms with van der Waals surface area (Å²) in [5, 5.41) is 7.43. The third kappa shape index (κ3) is 4.15. The number of pyridine rings is 1. The van der Waals surface area contributed by atoms with Gasteiger partial charge in [-0.3, -0.25) is 0 Å². The Kier molecular flexibility index (Phi) is 6.23. The van der Waals surface area contributed by atoms with E-state index in [2.05, 4.69) is 35.8 Å². The van der Waals surface area contributed by atoms with Crippen LogP contribution in [0.5, 0.6) is 11.5 Å². The van der Waals surface area contributed by atoms with Crippen LogP contribution in [0.2, 0.25) is 5.02 Å². The predicted octanol–water partition coefficient (Wildman–Crippen LogP) is 6.48. The molecule has 2 heterocycles. The minimum Gasteiger partial charge on any atom is -0.493 e. The van der Waals surface area contributed by atoms with E-state index >= 15 is 0 Å². The van der Waals surface area contributed by atoms with Gasteiger partial charge in [0.2, 0.25) is 0 Å². The van der Waals surface area contributed by atoms with Gasteiger partial charge in [0.15, 0.2) is 11.5 Å². The lowest BCUT2D eigenvalue weighted by molar-refractivity contribution is 0.356. The first-order chi connectivity index (χ1) is 14.6. The summed E-state index contributed by atoms with van der Waals surface area (Å²) in [6.45, 7) is 2.84. The van der Waals surface area contributed by atoms with Gasteiger partial charge in [-0.2, -0.15) is 0 Å². The van der Waals surface area contributed by atoms with Gasteiger partial charge < -0.3 is 14.8 Å². The summed E-state index contributed by atoms with van der Waals surface area (Å²) in [5.41, 5.74) is 3.67. The van der Waals surface area contributed by atoms with Crippen molar-refractivity contribution in [2.75, 3.05) is 14.2 Å². The lowest BCUT2D eigenvalue weighted by atomic mass is 10.0. The molecular weight excluding hydrogens is 416 g/mol. The molecule has 6 heteroatoms. The van der Waals surface area contributed by atoms with E-state index < -0.39 is 0 Å². The molecule has 2 aromatic carbocycles. The first-order valence-corrected chi connectivity index (χ1v) is 10.9. The predicted molar refractivity (Wildman–Crippen MR) is 125 cm³/mol. The van der Waals surface area contributed by atoms with Gasteiger partial charge in [-0.15, -0.1) is 11.3 Å². The number of rotatable bonds is 7. The number of hydrogen-bond donors (Lipinski definition) is 1. The monoisotopic (exact) mass is 438 g/mol. The van der Waals surface area contributed by atoms with E-state index in [9.17, 15) is 0 Å². The largest absolute Gasteiger partial charge is 0.493 e. The van der Waals surface area contributed by atoms with Gasteiger partial charge in [-0.25, -0.2) is 4.98 Å². The molecule has 0 aliphatic rings. The summed E-state index contributed by atoms with van der Waals surface area (Å²) in [4.78, 5) is 6.28. The molecule has 0 radical (unpaired) electrons. The van der Waals surface area contributed by atoms with Crippen LogP contribution in [-0.2, 0) is 6.54 Å². The summed E-state index contributed by atoms with van der Waals surface area (Å²) in [6, 6.07) is 18.3. The first-order valence-electron chi connectivity index (χ1n) is 9.68. The second kappa shape index (κ2) is 9.04. The normalized spacial score (nSPS) is 12.1. The van der Waals surface area contributed by atoms with Crippen molar-refractivity contribution >= 4 is 33.8 Å². The van der Waals surface area contributed by atoms with E-state index in [4.69, 9.17) is 26.1 Å². The topological polar surface area (TPSA) is 43.4 Å². The highest BCUT2D eigenvalue weighted by Gasteiger charge is 2.18. The number of ether oxygens (including phenoxy) is 2. The Hall–Kier alpha value is -2.60. The number of methoxy groups -OCH3 is 2. The molecule has 0 fully saturated rings. The molecule has 1 atom stereocenters. The Morgan fingerprint density at radius 1 is 1.07 bits per heavy atom. The number of hydrogen-bond acceptors (Lipinski definition) is 5. The number of fused-ring (bicyclic) bond motifs is 1. The number of benzene rings is 2. The minimum absolute atomic E-state index is 0.242. The van der Waals surface area contributed by atoms with E-state index in [1.165, 1.54) is 4.88 Å². The smallest absolute Gasteiger partial charge is 0.170 e. The first kappa shape index (κ1) is 20.7. The van der Waals surface area contributed by atoms with Crippen molar-refractivity contribution in [1.82, 2.24) is 10.3 Å². The van der Waals surface area contributed by atoms with Gasteiger partial charge in [-0.05, 0) is 54.3 Å². The van der Waals surface area contributed by atoms with E-state index in [-0.39, 0.29) is 6.04 Å². The highest BCUT2D eigenvalue weighted by Crippen LogP contribution is 2.39. The maximum Gasteiger partial charge on any atom is 0.170 e. The molecule has 4 aromatic rings. The summed E-state index contributed by atoms with van der Waals surface area (Å²) in [7, 11) is 3.29. The summed E-state index contributed by atoms with van der Waals surface area (Å²) >= 11 is 7.98. The zero-order chi connectivity index (χ0) is 21.1. The fraction of sp³-hybridized carbons (Fsp3) is 0.208. The van der Waals surface area contributed by atoms with Crippen LogP contribution in [0.1, 0.15) is 23.4 Å². The average Bonchev–Trinajstić information content (AvgIpc) is 3.31. The maximum atomic E-state index is 6.23. The van der Waals surface area contributed by atoms with Gasteiger partial charge in [0.05, 0.1) is 25.4 Å². The molecule has 2 aromatic heterocycles. The number of nitrogens with one attached hydrogen (secondary N) is 1. The van der Waals surface area contributed by atoms with Crippen LogP contribution in [0.4, 0.5) is 0 Å². The van der Waals surface area contributed by atoms with Crippen LogP contribution < -0.4 is 14.8 Å². The number of para-hydroxylation sites is 1. The Morgan fingerprint density at radius 3 is 2.67 bits per heavy atom. The molecule has 0 spiro atoms. The summed E-state index contributed by atoms with van der Waals surface area (Å²) in [5.74, 6) is 1.34. The SMILES string of the molecule is COc1cccc(-c2nc3cc(Cl)ccc3cc2CN[C@@H](C)c2cccs2)c1OC. The average molecular weight is 439 g/mol. The molecule has 0 aliphatic carbocycles. The van der Waals surface area contributed by atoms with Crippen LogP contribution in [-0.4, -0.2) is 19.2 Å². The van der Waals surface area contributed by atoms with Crippen molar-refractivity contribution in [3.63, 3.8) is 0 Å². The maximum absolute atomic E-state index is 6.23. The van der Waals surface area contributed by atoms with E-state index in [0.29, 0.717) is 23.1 Å². The Labute approximate surface area is 185 Å². The summed E-state index contributed by atoms with van der Waals surface area (Å²) < 4.78 is 11.2. The Morgan fingerprint density at radius 2 is 1.93 bits per heavy atom. The van der Waals surface area contributed by atoms with E-state index in [1.807, 2.05) is 36.4 Å². The third-order valence-corrected chi connectivity index (χ3v) is 6.38. The minimum atomic E-state index is 0.242. The van der Waals surface area contributed by atoms with Gasteiger partial charge in [0.1, 0.15) is 0 Å². The van der Waals surface area contributed by atoms with Crippen molar-refractivity contribution in [2.45, 2.75) is 19.5 Å². The van der Waals surface area contributed by atoms with Crippen molar-refractivity contribution < 1.29 is 9.47 Å². The Balaban J connectivity index is 1.81. The molecule has 0 amide bonds. The quantitative estimate of drug-likeness (QED) is 0.358. The van der Waals surface area contributed by atoms with Crippen LogP contribution in [0.15, 0.2) is 60.0 Å². The van der Waals surface area contributed by atoms with Gasteiger partial charge in [0, 0.05) is 33.4 Å². The molecule has 4 nitrogen and oxygen atoms in total. The fourth-order valence-corrected chi connectivity index (χ4v) is 4.45. The molecule has 0 bridgehead atoms. The zero-order valence-corrected chi connectivity index (χ0v) is 18.7. The standard InChI is InChI=1S/C24H23ClN2O2S/c1-15(22-8-5-11-30-22)26-14-17-12-16-9-10-18(25)13-20(16)27-23(17)19-6-4-7-21(28-2)24(19)29-3/h4-13,15,26H,14H2,1-3H3/t15-/m0/s1. The number of thiophene rings is 1. The molecule has 1 N–H and O–H groups in total. The fourth-order valence-electron chi connectivity index (χ4n) is 3.53. The molecule has 154 valence electrons. The molecule has 0 aliphatic heterocycles. The lowest BCUT2D eigenvalue weighted by Gasteiger charge is -2.18. The lowest BCUT2D eigenvalue weighted by Crippen LogP contribution is -2.18. The van der Waals surface area contributed by atoms with Gasteiger partial charge in [-0.1, -0.05) is 29.8 Å². The van der Waals surface area contributed by atoms with Gasteiger partial charge >= 0.3 is 0 Å². The van der Waals surface area contributed by atoms with Crippen LogP contribution in [0, 0.1) is 0 Å². The van der Waals surface area contributed by atoms with Crippen molar-refractivity contribution in [2.24, 2.45) is 0 Å². The molecule has 0 saturated heterocycles. The highest BCUT2D eigenvalue weighted by molar-refractivity contribution is 7.10. The number of aromatic nitrogens is 1. The molecule has 0 saturated carbocycles.